The van der Waals surface area contributed by atoms with E-state index in [1.165, 1.54) is 7.11 Å². The Balaban J connectivity index is 2.63. The molecule has 154 valence electrons. The fraction of sp³-hybridized carbons (Fsp3) is 0.353. The van der Waals surface area contributed by atoms with Gasteiger partial charge in [0.15, 0.2) is 0 Å². The Bertz CT molecular complexity index is 868. The molecule has 4 nitrogen and oxygen atoms in total. The fourth-order valence-corrected chi connectivity index (χ4v) is 3.28. The zero-order chi connectivity index (χ0) is 21.1. The lowest BCUT2D eigenvalue weighted by Crippen LogP contribution is -2.11. The highest BCUT2D eigenvalue weighted by Crippen LogP contribution is 2.41. The molecule has 0 aliphatic carbocycles. The summed E-state index contributed by atoms with van der Waals surface area (Å²) in [7, 11) is 1.41. The molecule has 0 unspecified atom stereocenters. The zero-order valence-electron chi connectivity index (χ0n) is 14.4. The van der Waals surface area contributed by atoms with Crippen molar-refractivity contribution in [1.82, 2.24) is 4.98 Å². The van der Waals surface area contributed by atoms with Crippen molar-refractivity contribution >= 4 is 40.8 Å². The Morgan fingerprint density at radius 2 is 1.86 bits per heavy atom. The van der Waals surface area contributed by atoms with Crippen LogP contribution in [0.4, 0.5) is 17.6 Å². The van der Waals surface area contributed by atoms with E-state index in [2.05, 4.69) is 4.98 Å². The van der Waals surface area contributed by atoms with Crippen molar-refractivity contribution < 1.29 is 31.8 Å². The van der Waals surface area contributed by atoms with Gasteiger partial charge >= 0.3 is 12.1 Å². The molecule has 0 aliphatic rings. The molecule has 0 atom stereocenters. The number of rotatable bonds is 7. The molecule has 28 heavy (non-hydrogen) atoms. The minimum atomic E-state index is -4.76. The van der Waals surface area contributed by atoms with Crippen LogP contribution in [0.2, 0.25) is 5.02 Å². The molecule has 0 spiro atoms. The maximum absolute atomic E-state index is 14.6. The van der Waals surface area contributed by atoms with Gasteiger partial charge in [0.25, 0.3) is 0 Å². The molecule has 1 aromatic heterocycles. The smallest absolute Gasteiger partial charge is 0.431 e. The minimum Gasteiger partial charge on any atom is -0.460 e. The minimum absolute atomic E-state index is 0.0827. The number of methoxy groups -OCH3 is 1. The van der Waals surface area contributed by atoms with Gasteiger partial charge in [-0.25, -0.2) is 9.18 Å². The van der Waals surface area contributed by atoms with Crippen LogP contribution in [-0.4, -0.2) is 31.3 Å². The Hall–Kier alpha value is -1.48. The van der Waals surface area contributed by atoms with Crippen LogP contribution < -0.4 is 0 Å². The molecule has 0 bridgehead atoms. The van der Waals surface area contributed by atoms with Gasteiger partial charge in [-0.05, 0) is 12.1 Å². The second-order valence-corrected chi connectivity index (χ2v) is 6.48. The largest absolute Gasteiger partial charge is 0.460 e. The Kier molecular flexibility index (Phi) is 7.61. The van der Waals surface area contributed by atoms with Crippen molar-refractivity contribution in [3.05, 3.63) is 45.5 Å². The number of ether oxygens (including phenoxy) is 2. The number of aromatic amines is 1. The predicted molar refractivity (Wildman–Crippen MR) is 97.5 cm³/mol. The summed E-state index contributed by atoms with van der Waals surface area (Å²) < 4.78 is 64.2. The first-order chi connectivity index (χ1) is 13.1. The Labute approximate surface area is 172 Å². The molecule has 0 saturated carbocycles. The lowest BCUT2D eigenvalue weighted by atomic mass is 9.98. The number of aromatic nitrogens is 1. The summed E-state index contributed by atoms with van der Waals surface area (Å²) in [4.78, 5) is 14.3. The molecule has 0 fully saturated rings. The number of carbonyl (C=O) groups is 1. The maximum Gasteiger partial charge on any atom is 0.431 e. The maximum atomic E-state index is 14.6. The quantitative estimate of drug-likeness (QED) is 0.246. The number of nitrogens with one attached hydrogen (secondary N) is 1. The van der Waals surface area contributed by atoms with Crippen molar-refractivity contribution in [2.75, 3.05) is 20.3 Å². The zero-order valence-corrected chi connectivity index (χ0v) is 16.6. The second kappa shape index (κ2) is 9.35. The summed E-state index contributed by atoms with van der Waals surface area (Å²) in [5.41, 5.74) is -2.30. The molecule has 1 N–H and O–H groups in total. The summed E-state index contributed by atoms with van der Waals surface area (Å²) in [6.45, 7) is 0.0393. The van der Waals surface area contributed by atoms with Crippen molar-refractivity contribution in [3.63, 3.8) is 0 Å². The van der Waals surface area contributed by atoms with Gasteiger partial charge in [-0.2, -0.15) is 13.2 Å². The van der Waals surface area contributed by atoms with Gasteiger partial charge in [-0.1, -0.05) is 11.6 Å². The molecule has 0 amide bonds. The molecule has 1 heterocycles. The number of carbonyl (C=O) groups excluding carboxylic acids is 1. The van der Waals surface area contributed by atoms with E-state index in [9.17, 15) is 22.4 Å². The highest BCUT2D eigenvalue weighted by Gasteiger charge is 2.38. The second-order valence-electron chi connectivity index (χ2n) is 5.54. The van der Waals surface area contributed by atoms with E-state index in [1.54, 1.807) is 0 Å². The molecule has 11 heteroatoms. The topological polar surface area (TPSA) is 51.3 Å². The highest BCUT2D eigenvalue weighted by molar-refractivity contribution is 6.33. The number of esters is 1. The lowest BCUT2D eigenvalue weighted by Gasteiger charge is -2.12. The molecule has 0 radical (unpaired) electrons. The van der Waals surface area contributed by atoms with Crippen LogP contribution in [0.3, 0.4) is 0 Å². The van der Waals surface area contributed by atoms with Crippen LogP contribution in [-0.2, 0) is 27.4 Å². The van der Waals surface area contributed by atoms with Crippen LogP contribution in [0.1, 0.15) is 27.3 Å². The van der Waals surface area contributed by atoms with E-state index < -0.39 is 29.5 Å². The third-order valence-electron chi connectivity index (χ3n) is 3.80. The first kappa shape index (κ1) is 22.8. The van der Waals surface area contributed by atoms with E-state index >= 15 is 0 Å². The van der Waals surface area contributed by atoms with E-state index in [4.69, 9.17) is 44.3 Å². The summed E-state index contributed by atoms with van der Waals surface area (Å²) in [6, 6.07) is 1.84. The van der Waals surface area contributed by atoms with Crippen molar-refractivity contribution in [2.45, 2.75) is 17.9 Å². The van der Waals surface area contributed by atoms with Crippen molar-refractivity contribution in [3.8, 4) is 11.1 Å². The highest BCUT2D eigenvalue weighted by atomic mass is 35.5. The first-order valence-electron chi connectivity index (χ1n) is 7.74. The lowest BCUT2D eigenvalue weighted by molar-refractivity contribution is -0.141. The molecule has 0 aliphatic heterocycles. The van der Waals surface area contributed by atoms with Gasteiger partial charge in [0.1, 0.15) is 18.1 Å². The summed E-state index contributed by atoms with van der Waals surface area (Å²) in [5.74, 6) is -2.75. The molecule has 0 saturated heterocycles. The number of hydrogen-bond donors (Lipinski definition) is 1. The Morgan fingerprint density at radius 1 is 1.18 bits per heavy atom. The van der Waals surface area contributed by atoms with Crippen molar-refractivity contribution in [1.29, 1.82) is 0 Å². The molecular weight excluding hydrogens is 449 g/mol. The number of halogens is 7. The molecule has 2 aromatic rings. The van der Waals surface area contributed by atoms with E-state index in [1.807, 2.05) is 0 Å². The number of alkyl halides is 5. The average molecular weight is 463 g/mol. The molecule has 2 rings (SSSR count). The normalized spacial score (nSPS) is 11.7. The van der Waals surface area contributed by atoms with E-state index in [0.717, 1.165) is 12.1 Å². The van der Waals surface area contributed by atoms with Crippen LogP contribution in [0, 0.1) is 5.82 Å². The van der Waals surface area contributed by atoms with Gasteiger partial charge in [-0.15, -0.1) is 23.2 Å². The number of benzene rings is 1. The third kappa shape index (κ3) is 4.74. The standard InChI is InChI=1S/C17H14Cl3F4NO3/c1-27-2-3-28-16(26)8-4-9(12(21)5-11(8)20)14-10(6-18)15(17(22,23)24)25-13(14)7-19/h4-5,25H,2-3,6-7H2,1H3. The van der Waals surface area contributed by atoms with Crippen LogP contribution >= 0.6 is 34.8 Å². The van der Waals surface area contributed by atoms with E-state index in [0.29, 0.717) is 0 Å². The van der Waals surface area contributed by atoms with Gasteiger partial charge in [0, 0.05) is 29.5 Å². The van der Waals surface area contributed by atoms with E-state index in [-0.39, 0.29) is 52.1 Å². The van der Waals surface area contributed by atoms with Gasteiger partial charge in [0.2, 0.25) is 0 Å². The average Bonchev–Trinajstić information content (AvgIpc) is 3.00. The summed E-state index contributed by atoms with van der Waals surface area (Å²) in [5, 5.41) is -0.255. The molecular formula is C17H14Cl3F4NO3. The van der Waals surface area contributed by atoms with Gasteiger partial charge in [-0.3, -0.25) is 0 Å². The summed E-state index contributed by atoms with van der Waals surface area (Å²) >= 11 is 17.4. The third-order valence-corrected chi connectivity index (χ3v) is 4.65. The monoisotopic (exact) mass is 461 g/mol. The van der Waals surface area contributed by atoms with Gasteiger partial charge < -0.3 is 14.5 Å². The predicted octanol–water partition coefficient (Wildman–Crippen LogP) is 5.77. The van der Waals surface area contributed by atoms with Crippen molar-refractivity contribution in [2.24, 2.45) is 0 Å². The molecule has 1 aromatic carbocycles. The number of hydrogen-bond acceptors (Lipinski definition) is 3. The van der Waals surface area contributed by atoms with Gasteiger partial charge in [0.05, 0.1) is 29.0 Å². The first-order valence-corrected chi connectivity index (χ1v) is 9.18. The Morgan fingerprint density at radius 3 is 2.39 bits per heavy atom. The number of H-pyrrole nitrogens is 1. The van der Waals surface area contributed by atoms with Crippen LogP contribution in [0.5, 0.6) is 0 Å². The van der Waals surface area contributed by atoms with Crippen LogP contribution in [0.25, 0.3) is 11.1 Å². The van der Waals surface area contributed by atoms with Crippen LogP contribution in [0.15, 0.2) is 12.1 Å². The summed E-state index contributed by atoms with van der Waals surface area (Å²) in [6.07, 6.45) is -4.76. The fourth-order valence-electron chi connectivity index (χ4n) is 2.59. The SMILES string of the molecule is COCCOC(=O)c1cc(-c2c(CCl)[nH]c(C(F)(F)F)c2CCl)c(F)cc1Cl.